The maximum absolute atomic E-state index is 13.5. The van der Waals surface area contributed by atoms with Crippen molar-refractivity contribution in [2.75, 3.05) is 10.2 Å². The zero-order valence-corrected chi connectivity index (χ0v) is 21.3. The molecule has 2 aliphatic rings. The summed E-state index contributed by atoms with van der Waals surface area (Å²) in [5, 5.41) is 24.7. The van der Waals surface area contributed by atoms with Crippen LogP contribution in [0.1, 0.15) is 41.1 Å². The van der Waals surface area contributed by atoms with Gasteiger partial charge in [-0.2, -0.15) is 0 Å². The summed E-state index contributed by atoms with van der Waals surface area (Å²) in [4.78, 5) is 28.4. The van der Waals surface area contributed by atoms with Gasteiger partial charge >= 0.3 is 0 Å². The monoisotopic (exact) mass is 516 g/mol. The zero-order valence-electron chi connectivity index (χ0n) is 21.3. The third kappa shape index (κ3) is 4.66. The number of carbonyl (C=O) groups excluding carboxylic acids is 2. The number of aliphatic hydroxyl groups excluding tert-OH is 1. The molecule has 0 radical (unpaired) electrons. The summed E-state index contributed by atoms with van der Waals surface area (Å²) in [6.07, 6.45) is 4.16. The number of phenols is 1. The number of amides is 1. The standard InChI is InChI=1S/C33H28N2O4/c36-28-18-12-22(13-19-28)30-29(31(37)24-11-10-21-6-4-5-7-23(21)20-24)32(38)33(39)35(30)27-16-14-26(15-17-27)34-25-8-2-1-3-9-25/h1-3,8-20,30,34,36-37H,4-7H2/b31-29-. The zero-order chi connectivity index (χ0) is 26.9. The van der Waals surface area contributed by atoms with Crippen molar-refractivity contribution >= 4 is 34.5 Å². The van der Waals surface area contributed by atoms with Crippen LogP contribution in [-0.2, 0) is 22.4 Å². The van der Waals surface area contributed by atoms with E-state index in [-0.39, 0.29) is 17.1 Å². The van der Waals surface area contributed by atoms with E-state index in [1.165, 1.54) is 28.2 Å². The van der Waals surface area contributed by atoms with Crippen LogP contribution in [-0.4, -0.2) is 21.9 Å². The van der Waals surface area contributed by atoms with Crippen LogP contribution in [0.4, 0.5) is 17.1 Å². The molecule has 4 aromatic carbocycles. The summed E-state index contributed by atoms with van der Waals surface area (Å²) >= 11 is 0. The third-order valence-corrected chi connectivity index (χ3v) is 7.48. The highest BCUT2D eigenvalue weighted by atomic mass is 16.3. The molecule has 0 bridgehead atoms. The first-order valence-electron chi connectivity index (χ1n) is 13.1. The number of carbonyl (C=O) groups is 2. The number of anilines is 3. The first-order chi connectivity index (χ1) is 19.0. The Morgan fingerprint density at radius 3 is 2.15 bits per heavy atom. The predicted molar refractivity (Wildman–Crippen MR) is 152 cm³/mol. The fourth-order valence-electron chi connectivity index (χ4n) is 5.50. The summed E-state index contributed by atoms with van der Waals surface area (Å²) < 4.78 is 0. The SMILES string of the molecule is O=C1C(=O)N(c2ccc(Nc3ccccc3)cc2)C(c2ccc(O)cc2)/C1=C(/O)c1ccc2c(c1)CCCC2. The molecule has 4 aromatic rings. The van der Waals surface area contributed by atoms with E-state index >= 15 is 0 Å². The van der Waals surface area contributed by atoms with Crippen LogP contribution < -0.4 is 10.2 Å². The van der Waals surface area contributed by atoms with Crippen LogP contribution in [0.5, 0.6) is 5.75 Å². The minimum atomic E-state index is -0.852. The number of phenolic OH excluding ortho intramolecular Hbond substituents is 1. The van der Waals surface area contributed by atoms with Gasteiger partial charge in [-0.25, -0.2) is 0 Å². The van der Waals surface area contributed by atoms with Gasteiger partial charge in [0.1, 0.15) is 11.5 Å². The topological polar surface area (TPSA) is 89.9 Å². The van der Waals surface area contributed by atoms with Crippen LogP contribution in [0.2, 0.25) is 0 Å². The van der Waals surface area contributed by atoms with Gasteiger partial charge < -0.3 is 15.5 Å². The van der Waals surface area contributed by atoms with Crippen LogP contribution in [0.25, 0.3) is 5.76 Å². The number of aromatic hydroxyl groups is 1. The van der Waals surface area contributed by atoms with Gasteiger partial charge in [0.2, 0.25) is 0 Å². The first-order valence-corrected chi connectivity index (χ1v) is 13.1. The van der Waals surface area contributed by atoms with E-state index in [0.717, 1.165) is 37.1 Å². The third-order valence-electron chi connectivity index (χ3n) is 7.48. The number of Topliss-reactive ketones (excluding diaryl/α,β-unsaturated/α-hetero) is 1. The molecule has 0 spiro atoms. The Bertz CT molecular complexity index is 1570. The fourth-order valence-corrected chi connectivity index (χ4v) is 5.50. The number of aliphatic hydroxyl groups is 1. The van der Waals surface area contributed by atoms with Crippen molar-refractivity contribution in [3.05, 3.63) is 125 Å². The molecule has 1 heterocycles. The van der Waals surface area contributed by atoms with Crippen LogP contribution in [0, 0.1) is 0 Å². The second-order valence-corrected chi connectivity index (χ2v) is 9.99. The second-order valence-electron chi connectivity index (χ2n) is 9.99. The molecule has 39 heavy (non-hydrogen) atoms. The van der Waals surface area contributed by atoms with Gasteiger partial charge in [-0.15, -0.1) is 0 Å². The highest BCUT2D eigenvalue weighted by Crippen LogP contribution is 2.43. The lowest BCUT2D eigenvalue weighted by atomic mass is 9.88. The molecule has 1 aliphatic heterocycles. The molecule has 0 aromatic heterocycles. The molecule has 3 N–H and O–H groups in total. The Balaban J connectivity index is 1.42. The minimum Gasteiger partial charge on any atom is -0.508 e. The maximum Gasteiger partial charge on any atom is 0.300 e. The summed E-state index contributed by atoms with van der Waals surface area (Å²) in [6, 6.07) is 28.3. The minimum absolute atomic E-state index is 0.0351. The Labute approximate surface area is 226 Å². The Kier molecular flexibility index (Phi) is 6.37. The number of hydrogen-bond acceptors (Lipinski definition) is 5. The van der Waals surface area contributed by atoms with Gasteiger partial charge in [0, 0.05) is 22.6 Å². The first kappa shape index (κ1) is 24.5. The molecule has 6 nitrogen and oxygen atoms in total. The highest BCUT2D eigenvalue weighted by molar-refractivity contribution is 6.51. The lowest BCUT2D eigenvalue weighted by Gasteiger charge is -2.26. The molecule has 1 atom stereocenters. The van der Waals surface area contributed by atoms with E-state index in [0.29, 0.717) is 16.8 Å². The lowest BCUT2D eigenvalue weighted by molar-refractivity contribution is -0.132. The molecule has 0 saturated carbocycles. The Hall–Kier alpha value is -4.84. The van der Waals surface area contributed by atoms with Gasteiger partial charge in [0.15, 0.2) is 0 Å². The summed E-state index contributed by atoms with van der Waals surface area (Å²) in [5.41, 5.74) is 5.89. The van der Waals surface area contributed by atoms with Crippen molar-refractivity contribution in [2.45, 2.75) is 31.7 Å². The van der Waals surface area contributed by atoms with Gasteiger partial charge in [-0.1, -0.05) is 42.5 Å². The number of para-hydroxylation sites is 1. The molecule has 1 fully saturated rings. The van der Waals surface area contributed by atoms with Gasteiger partial charge in [0.05, 0.1) is 11.6 Å². The summed E-state index contributed by atoms with van der Waals surface area (Å²) in [7, 11) is 0. The molecular formula is C33H28N2O4. The molecule has 6 heteroatoms. The van der Waals surface area contributed by atoms with Crippen molar-refractivity contribution in [1.29, 1.82) is 0 Å². The smallest absolute Gasteiger partial charge is 0.300 e. The van der Waals surface area contributed by atoms with E-state index in [1.807, 2.05) is 60.7 Å². The largest absolute Gasteiger partial charge is 0.508 e. The van der Waals surface area contributed by atoms with E-state index in [1.54, 1.807) is 24.3 Å². The fraction of sp³-hybridized carbons (Fsp3) is 0.152. The number of nitrogens with one attached hydrogen (secondary N) is 1. The molecule has 1 unspecified atom stereocenters. The molecule has 1 saturated heterocycles. The van der Waals surface area contributed by atoms with Crippen LogP contribution in [0.3, 0.4) is 0 Å². The maximum atomic E-state index is 13.5. The normalized spacial score (nSPS) is 18.2. The average molecular weight is 517 g/mol. The summed E-state index contributed by atoms with van der Waals surface area (Å²) in [5.74, 6) is -1.57. The second kappa shape index (κ2) is 10.1. The Morgan fingerprint density at radius 1 is 0.769 bits per heavy atom. The molecule has 194 valence electrons. The van der Waals surface area contributed by atoms with Gasteiger partial charge in [-0.05, 0) is 97.0 Å². The number of rotatable bonds is 5. The number of ketones is 1. The lowest BCUT2D eigenvalue weighted by Crippen LogP contribution is -2.29. The van der Waals surface area contributed by atoms with Crippen molar-refractivity contribution in [2.24, 2.45) is 0 Å². The van der Waals surface area contributed by atoms with Crippen LogP contribution >= 0.6 is 0 Å². The number of hydrogen-bond donors (Lipinski definition) is 3. The molecule has 6 rings (SSSR count). The van der Waals surface area contributed by atoms with Crippen LogP contribution in [0.15, 0.2) is 103 Å². The van der Waals surface area contributed by atoms with Crippen molar-refractivity contribution in [3.63, 3.8) is 0 Å². The van der Waals surface area contributed by atoms with E-state index in [9.17, 15) is 19.8 Å². The molecule has 1 aliphatic carbocycles. The van der Waals surface area contributed by atoms with Gasteiger partial charge in [0.25, 0.3) is 11.7 Å². The highest BCUT2D eigenvalue weighted by Gasteiger charge is 2.47. The predicted octanol–water partition coefficient (Wildman–Crippen LogP) is 6.64. The van der Waals surface area contributed by atoms with Crippen molar-refractivity contribution in [1.82, 2.24) is 0 Å². The number of fused-ring (bicyclic) bond motifs is 1. The molecule has 1 amide bonds. The van der Waals surface area contributed by atoms with E-state index < -0.39 is 17.7 Å². The number of nitrogens with zero attached hydrogens (tertiary/aromatic N) is 1. The van der Waals surface area contributed by atoms with E-state index in [2.05, 4.69) is 5.32 Å². The van der Waals surface area contributed by atoms with E-state index in [4.69, 9.17) is 0 Å². The molecular weight excluding hydrogens is 488 g/mol. The quantitative estimate of drug-likeness (QED) is 0.157. The summed E-state index contributed by atoms with van der Waals surface area (Å²) in [6.45, 7) is 0. The van der Waals surface area contributed by atoms with Crippen molar-refractivity contribution in [3.8, 4) is 5.75 Å². The van der Waals surface area contributed by atoms with Crippen molar-refractivity contribution < 1.29 is 19.8 Å². The Morgan fingerprint density at radius 2 is 1.44 bits per heavy atom. The number of aryl methyl sites for hydroxylation is 2. The number of benzene rings is 4. The van der Waals surface area contributed by atoms with Gasteiger partial charge in [-0.3, -0.25) is 14.5 Å². The average Bonchev–Trinajstić information content (AvgIpc) is 3.23.